The van der Waals surface area contributed by atoms with E-state index < -0.39 is 5.92 Å². The van der Waals surface area contributed by atoms with Crippen molar-refractivity contribution in [1.29, 1.82) is 5.26 Å². The summed E-state index contributed by atoms with van der Waals surface area (Å²) in [7, 11) is 0. The number of nitrogens with zero attached hydrogens (tertiary/aromatic N) is 4. The van der Waals surface area contributed by atoms with E-state index in [1.807, 2.05) is 16.8 Å². The molecule has 0 aromatic carbocycles. The summed E-state index contributed by atoms with van der Waals surface area (Å²) in [6.07, 6.45) is 1.13. The molecule has 2 N–H and O–H groups in total. The molecule has 0 bridgehead atoms. The zero-order valence-electron chi connectivity index (χ0n) is 17.3. The highest BCUT2D eigenvalue weighted by molar-refractivity contribution is 8.01. The van der Waals surface area contributed by atoms with E-state index in [0.717, 1.165) is 15.6 Å². The standard InChI is InChI=1S/C21H23N5OS3/c1-11(2)29-20-25-24-19(30-20)26-14-7-21(3,4)8-15(27)17(14)16(12-5-6-28-10-12)13(9-22)18(26)23/h5-6,10-11,16H,7-8,23H2,1-4H3/t16-/m0/s1. The summed E-state index contributed by atoms with van der Waals surface area (Å²) >= 11 is 4.62. The van der Waals surface area contributed by atoms with Gasteiger partial charge in [0.2, 0.25) is 5.13 Å². The minimum absolute atomic E-state index is 0.0731. The Morgan fingerprint density at radius 3 is 2.77 bits per heavy atom. The van der Waals surface area contributed by atoms with E-state index in [0.29, 0.717) is 40.2 Å². The fraction of sp³-hybridized carbons (Fsp3) is 0.429. The monoisotopic (exact) mass is 457 g/mol. The quantitative estimate of drug-likeness (QED) is 0.642. The second-order valence-electron chi connectivity index (χ2n) is 8.55. The van der Waals surface area contributed by atoms with Crippen LogP contribution in [0, 0.1) is 16.7 Å². The molecule has 2 aromatic heterocycles. The maximum atomic E-state index is 13.4. The molecule has 0 unspecified atom stereocenters. The zero-order chi connectivity index (χ0) is 21.6. The molecule has 30 heavy (non-hydrogen) atoms. The van der Waals surface area contributed by atoms with Crippen molar-refractivity contribution in [3.05, 3.63) is 45.1 Å². The van der Waals surface area contributed by atoms with Crippen LogP contribution < -0.4 is 10.6 Å². The van der Waals surface area contributed by atoms with Gasteiger partial charge in [0, 0.05) is 22.9 Å². The number of allylic oxidation sites excluding steroid dienone is 3. The van der Waals surface area contributed by atoms with Crippen LogP contribution in [0.3, 0.4) is 0 Å². The highest BCUT2D eigenvalue weighted by Crippen LogP contribution is 2.51. The van der Waals surface area contributed by atoms with Crippen LogP contribution in [0.2, 0.25) is 0 Å². The molecule has 0 amide bonds. The first kappa shape index (κ1) is 21.1. The number of nitrogens with two attached hydrogens (primary N) is 1. The summed E-state index contributed by atoms with van der Waals surface area (Å²) in [5.74, 6) is -0.00674. The normalized spacial score (nSPS) is 21.3. The lowest BCUT2D eigenvalue weighted by atomic mass is 9.69. The number of thiophene rings is 1. The van der Waals surface area contributed by atoms with Gasteiger partial charge in [0.1, 0.15) is 5.82 Å². The predicted molar refractivity (Wildman–Crippen MR) is 122 cm³/mol. The lowest BCUT2D eigenvalue weighted by Crippen LogP contribution is -2.42. The summed E-state index contributed by atoms with van der Waals surface area (Å²) in [6, 6.07) is 4.26. The Labute approximate surface area is 188 Å². The van der Waals surface area contributed by atoms with Crippen molar-refractivity contribution in [2.45, 2.75) is 56.0 Å². The van der Waals surface area contributed by atoms with Crippen molar-refractivity contribution in [3.63, 3.8) is 0 Å². The lowest BCUT2D eigenvalue weighted by Gasteiger charge is -2.42. The molecule has 6 nitrogen and oxygen atoms in total. The van der Waals surface area contributed by atoms with Crippen LogP contribution >= 0.6 is 34.4 Å². The predicted octanol–water partition coefficient (Wildman–Crippen LogP) is 5.04. The second-order valence-corrected chi connectivity index (χ2v) is 12.1. The number of carbonyl (C=O) groups excluding carboxylic acids is 1. The summed E-state index contributed by atoms with van der Waals surface area (Å²) in [6.45, 7) is 8.38. The van der Waals surface area contributed by atoms with Crippen molar-refractivity contribution < 1.29 is 4.79 Å². The van der Waals surface area contributed by atoms with Gasteiger partial charge in [-0.05, 0) is 34.2 Å². The molecule has 0 spiro atoms. The van der Waals surface area contributed by atoms with E-state index in [1.165, 1.54) is 11.3 Å². The van der Waals surface area contributed by atoms with E-state index in [4.69, 9.17) is 5.73 Å². The summed E-state index contributed by atoms with van der Waals surface area (Å²) in [4.78, 5) is 15.2. The number of hydrogen-bond acceptors (Lipinski definition) is 9. The number of thioether (sulfide) groups is 1. The molecule has 0 saturated carbocycles. The van der Waals surface area contributed by atoms with E-state index in [1.54, 1.807) is 28.0 Å². The highest BCUT2D eigenvalue weighted by atomic mass is 32.2. The van der Waals surface area contributed by atoms with Gasteiger partial charge in [-0.15, -0.1) is 10.2 Å². The number of aromatic nitrogens is 2. The van der Waals surface area contributed by atoms with Gasteiger partial charge >= 0.3 is 0 Å². The van der Waals surface area contributed by atoms with E-state index >= 15 is 0 Å². The van der Waals surface area contributed by atoms with Gasteiger partial charge in [-0.25, -0.2) is 0 Å². The number of Topliss-reactive ketones (excluding diaryl/α,β-unsaturated/α-hetero) is 1. The summed E-state index contributed by atoms with van der Waals surface area (Å²) in [5, 5.41) is 23.6. The van der Waals surface area contributed by atoms with E-state index in [-0.39, 0.29) is 11.2 Å². The Bertz CT molecular complexity index is 1090. The van der Waals surface area contributed by atoms with Crippen LogP contribution in [0.15, 0.2) is 43.8 Å². The van der Waals surface area contributed by atoms with Gasteiger partial charge in [0.25, 0.3) is 0 Å². The molecule has 2 aromatic rings. The first-order chi connectivity index (χ1) is 14.2. The maximum Gasteiger partial charge on any atom is 0.219 e. The maximum absolute atomic E-state index is 13.4. The van der Waals surface area contributed by atoms with Crippen LogP contribution in [0.25, 0.3) is 0 Å². The molecule has 1 aliphatic heterocycles. The van der Waals surface area contributed by atoms with Crippen molar-refractivity contribution in [2.75, 3.05) is 4.90 Å². The van der Waals surface area contributed by atoms with Crippen molar-refractivity contribution >= 4 is 45.4 Å². The van der Waals surface area contributed by atoms with Gasteiger partial charge in [-0.1, -0.05) is 50.8 Å². The Morgan fingerprint density at radius 2 is 2.13 bits per heavy atom. The van der Waals surface area contributed by atoms with Crippen LogP contribution in [0.4, 0.5) is 5.13 Å². The third-order valence-electron chi connectivity index (χ3n) is 5.18. The number of nitriles is 1. The molecular weight excluding hydrogens is 434 g/mol. The topological polar surface area (TPSA) is 95.9 Å². The van der Waals surface area contributed by atoms with Gasteiger partial charge in [0.05, 0.1) is 17.6 Å². The third kappa shape index (κ3) is 3.68. The first-order valence-electron chi connectivity index (χ1n) is 9.70. The van der Waals surface area contributed by atoms with Crippen LogP contribution in [0.5, 0.6) is 0 Å². The molecule has 0 saturated heterocycles. The number of hydrogen-bond donors (Lipinski definition) is 1. The number of anilines is 1. The number of rotatable bonds is 4. The van der Waals surface area contributed by atoms with Crippen LogP contribution in [-0.4, -0.2) is 21.2 Å². The lowest BCUT2D eigenvalue weighted by molar-refractivity contribution is -0.118. The Balaban J connectivity index is 1.91. The van der Waals surface area contributed by atoms with Crippen molar-refractivity contribution in [2.24, 2.45) is 11.1 Å². The average molecular weight is 458 g/mol. The van der Waals surface area contributed by atoms with E-state index in [9.17, 15) is 10.1 Å². The average Bonchev–Trinajstić information content (AvgIpc) is 3.31. The largest absolute Gasteiger partial charge is 0.384 e. The Kier molecular flexibility index (Phi) is 5.51. The molecule has 4 rings (SSSR count). The molecule has 156 valence electrons. The SMILES string of the molecule is CC(C)Sc1nnc(N2C(N)=C(C#N)[C@H](c3ccsc3)C3=C2CC(C)(C)CC3=O)s1. The minimum Gasteiger partial charge on any atom is -0.384 e. The molecule has 0 fully saturated rings. The molecule has 0 radical (unpaired) electrons. The minimum atomic E-state index is -0.423. The Hall–Kier alpha value is -2.15. The molecule has 1 aliphatic carbocycles. The first-order valence-corrected chi connectivity index (χ1v) is 12.3. The van der Waals surface area contributed by atoms with Crippen LogP contribution in [0.1, 0.15) is 52.0 Å². The van der Waals surface area contributed by atoms with Crippen molar-refractivity contribution in [3.8, 4) is 6.07 Å². The Morgan fingerprint density at radius 1 is 1.37 bits per heavy atom. The number of carbonyl (C=O) groups is 1. The van der Waals surface area contributed by atoms with Gasteiger partial charge in [0.15, 0.2) is 10.1 Å². The zero-order valence-corrected chi connectivity index (χ0v) is 19.7. The van der Waals surface area contributed by atoms with Gasteiger partial charge < -0.3 is 5.73 Å². The highest BCUT2D eigenvalue weighted by Gasteiger charge is 2.45. The fourth-order valence-electron chi connectivity index (χ4n) is 4.04. The third-order valence-corrected chi connectivity index (χ3v) is 7.88. The molecule has 1 atom stereocenters. The van der Waals surface area contributed by atoms with Gasteiger partial charge in [-0.2, -0.15) is 16.6 Å². The van der Waals surface area contributed by atoms with Gasteiger partial charge in [-0.3, -0.25) is 9.69 Å². The molecular formula is C21H23N5OS3. The summed E-state index contributed by atoms with van der Waals surface area (Å²) in [5.41, 5.74) is 9.25. The number of ketones is 1. The fourth-order valence-corrected chi connectivity index (χ4v) is 6.83. The van der Waals surface area contributed by atoms with E-state index in [2.05, 4.69) is 44.0 Å². The molecule has 3 heterocycles. The molecule has 9 heteroatoms. The second kappa shape index (κ2) is 7.84. The van der Waals surface area contributed by atoms with Crippen molar-refractivity contribution in [1.82, 2.24) is 10.2 Å². The summed E-state index contributed by atoms with van der Waals surface area (Å²) < 4.78 is 0.842. The smallest absolute Gasteiger partial charge is 0.219 e. The van der Waals surface area contributed by atoms with Crippen LogP contribution in [-0.2, 0) is 4.79 Å². The molecule has 2 aliphatic rings.